The van der Waals surface area contributed by atoms with Crippen molar-refractivity contribution in [3.05, 3.63) is 60.7 Å². The third kappa shape index (κ3) is 4.05. The van der Waals surface area contributed by atoms with Gasteiger partial charge in [-0.05, 0) is 25.5 Å². The van der Waals surface area contributed by atoms with Gasteiger partial charge in [0, 0.05) is 25.0 Å². The zero-order chi connectivity index (χ0) is 15.4. The minimum Gasteiger partial charge on any atom is -1.00 e. The second-order valence-corrected chi connectivity index (χ2v) is 5.45. The monoisotopic (exact) mass is 373 g/mol. The second-order valence-electron chi connectivity index (χ2n) is 5.45. The van der Waals surface area contributed by atoms with Gasteiger partial charge in [-0.1, -0.05) is 18.2 Å². The van der Waals surface area contributed by atoms with E-state index < -0.39 is 0 Å². The number of aromatic nitrogens is 3. The van der Waals surface area contributed by atoms with E-state index in [1.54, 1.807) is 4.57 Å². The van der Waals surface area contributed by atoms with Gasteiger partial charge in [0.1, 0.15) is 12.4 Å². The van der Waals surface area contributed by atoms with Crippen LogP contribution in [-0.4, -0.2) is 15.5 Å². The van der Waals surface area contributed by atoms with Crippen molar-refractivity contribution in [1.29, 1.82) is 0 Å². The van der Waals surface area contributed by atoms with Gasteiger partial charge in [-0.2, -0.15) is 0 Å². The predicted molar refractivity (Wildman–Crippen MR) is 85.6 cm³/mol. The molecule has 0 spiro atoms. The second kappa shape index (κ2) is 8.02. The number of pyridine rings is 1. The number of imidazole rings is 1. The first-order valence-electron chi connectivity index (χ1n) is 7.67. The maximum Gasteiger partial charge on any atom is 0.232 e. The Balaban J connectivity index is 0.00000192. The molecule has 2 heterocycles. The van der Waals surface area contributed by atoms with Crippen molar-refractivity contribution in [1.82, 2.24) is 9.55 Å². The SMILES string of the molecule is Cc1nc2ccccc2n1C(=O)CCCC[n+]1ccccc1.[Br-]. The highest BCUT2D eigenvalue weighted by atomic mass is 79.9. The molecule has 0 aliphatic rings. The number of halogens is 1. The van der Waals surface area contributed by atoms with Crippen LogP contribution in [-0.2, 0) is 6.54 Å². The number of carbonyl (C=O) groups is 1. The summed E-state index contributed by atoms with van der Waals surface area (Å²) < 4.78 is 3.88. The standard InChI is InChI=1S/C18H20N3O.BrH/c1-15-19-16-9-3-4-10-17(16)21(15)18(22)11-5-8-14-20-12-6-2-7-13-20;/h2-4,6-7,9-10,12-13H,5,8,11,14H2,1H3;1H/q+1;/p-1. The van der Waals surface area contributed by atoms with Crippen molar-refractivity contribution in [3.8, 4) is 0 Å². The highest BCUT2D eigenvalue weighted by Crippen LogP contribution is 2.16. The summed E-state index contributed by atoms with van der Waals surface area (Å²) in [5, 5.41) is 0. The molecule has 0 fully saturated rings. The van der Waals surface area contributed by atoms with Crippen molar-refractivity contribution >= 4 is 16.9 Å². The Labute approximate surface area is 146 Å². The Bertz CT molecular complexity index is 783. The Morgan fingerprint density at radius 3 is 2.61 bits per heavy atom. The molecule has 2 aromatic heterocycles. The molecule has 0 unspecified atom stereocenters. The summed E-state index contributed by atoms with van der Waals surface area (Å²) in [5.41, 5.74) is 1.79. The van der Waals surface area contributed by atoms with E-state index in [2.05, 4.69) is 21.9 Å². The Morgan fingerprint density at radius 1 is 1.09 bits per heavy atom. The molecule has 0 radical (unpaired) electrons. The molecule has 0 bridgehead atoms. The van der Waals surface area contributed by atoms with Gasteiger partial charge in [-0.15, -0.1) is 0 Å². The van der Waals surface area contributed by atoms with Gasteiger partial charge in [-0.25, -0.2) is 9.55 Å². The number of carbonyl (C=O) groups excluding carboxylic acids is 1. The van der Waals surface area contributed by atoms with Crippen LogP contribution < -0.4 is 21.5 Å². The van der Waals surface area contributed by atoms with E-state index in [4.69, 9.17) is 0 Å². The zero-order valence-corrected chi connectivity index (χ0v) is 14.7. The van der Waals surface area contributed by atoms with E-state index in [1.807, 2.05) is 49.4 Å². The number of fused-ring (bicyclic) bond motifs is 1. The molecule has 5 heteroatoms. The van der Waals surface area contributed by atoms with Crippen LogP contribution >= 0.6 is 0 Å². The van der Waals surface area contributed by atoms with Crippen molar-refractivity contribution < 1.29 is 26.3 Å². The molecule has 23 heavy (non-hydrogen) atoms. The van der Waals surface area contributed by atoms with Crippen LogP contribution in [0.4, 0.5) is 0 Å². The first-order chi connectivity index (χ1) is 10.8. The largest absolute Gasteiger partial charge is 1.00 e. The van der Waals surface area contributed by atoms with Gasteiger partial charge in [0.05, 0.1) is 11.0 Å². The molecule has 4 nitrogen and oxygen atoms in total. The normalized spacial score (nSPS) is 10.5. The summed E-state index contributed by atoms with van der Waals surface area (Å²) in [6.45, 7) is 2.83. The lowest BCUT2D eigenvalue weighted by molar-refractivity contribution is -0.697. The summed E-state index contributed by atoms with van der Waals surface area (Å²) in [4.78, 5) is 16.9. The molecule has 0 aliphatic carbocycles. The maximum atomic E-state index is 12.5. The highest BCUT2D eigenvalue weighted by molar-refractivity contribution is 5.91. The lowest BCUT2D eigenvalue weighted by Gasteiger charge is -2.05. The molecule has 3 rings (SSSR count). The smallest absolute Gasteiger partial charge is 0.232 e. The van der Waals surface area contributed by atoms with Crippen LogP contribution in [0.2, 0.25) is 0 Å². The maximum absolute atomic E-state index is 12.5. The Hall–Kier alpha value is -2.01. The van der Waals surface area contributed by atoms with Crippen molar-refractivity contribution in [2.45, 2.75) is 32.7 Å². The van der Waals surface area contributed by atoms with E-state index in [9.17, 15) is 4.79 Å². The minimum atomic E-state index is 0. The van der Waals surface area contributed by atoms with Gasteiger partial charge in [0.15, 0.2) is 12.4 Å². The Kier molecular flexibility index (Phi) is 6.04. The number of nitrogens with zero attached hydrogens (tertiary/aromatic N) is 3. The topological polar surface area (TPSA) is 38.8 Å². The van der Waals surface area contributed by atoms with E-state index >= 15 is 0 Å². The van der Waals surface area contributed by atoms with E-state index in [-0.39, 0.29) is 22.9 Å². The number of unbranched alkanes of at least 4 members (excludes halogenated alkanes) is 1. The number of para-hydroxylation sites is 2. The third-order valence-electron chi connectivity index (χ3n) is 3.81. The van der Waals surface area contributed by atoms with Gasteiger partial charge >= 0.3 is 0 Å². The van der Waals surface area contributed by atoms with Crippen molar-refractivity contribution in [2.75, 3.05) is 0 Å². The number of hydrogen-bond donors (Lipinski definition) is 0. The summed E-state index contributed by atoms with van der Waals surface area (Å²) in [6, 6.07) is 13.8. The van der Waals surface area contributed by atoms with Gasteiger partial charge in [-0.3, -0.25) is 9.36 Å². The number of benzene rings is 1. The molecule has 0 N–H and O–H groups in total. The van der Waals surface area contributed by atoms with E-state index in [1.165, 1.54) is 0 Å². The molecule has 1 aromatic carbocycles. The number of aryl methyl sites for hydroxylation is 2. The lowest BCUT2D eigenvalue weighted by atomic mass is 10.2. The van der Waals surface area contributed by atoms with Crippen LogP contribution in [0.3, 0.4) is 0 Å². The van der Waals surface area contributed by atoms with Crippen LogP contribution in [0, 0.1) is 6.92 Å². The van der Waals surface area contributed by atoms with Gasteiger partial charge in [0.2, 0.25) is 5.91 Å². The molecule has 120 valence electrons. The fourth-order valence-corrected chi connectivity index (χ4v) is 2.73. The predicted octanol–water partition coefficient (Wildman–Crippen LogP) is 0.147. The van der Waals surface area contributed by atoms with E-state index in [0.29, 0.717) is 6.42 Å². The molecule has 0 amide bonds. The minimum absolute atomic E-state index is 0. The fraction of sp³-hybridized carbons (Fsp3) is 0.278. The lowest BCUT2D eigenvalue weighted by Crippen LogP contribution is -3.00. The molecular formula is C18H20BrN3O. The quantitative estimate of drug-likeness (QED) is 0.471. The highest BCUT2D eigenvalue weighted by Gasteiger charge is 2.13. The van der Waals surface area contributed by atoms with Crippen LogP contribution in [0.1, 0.15) is 29.9 Å². The first kappa shape index (κ1) is 17.3. The molecule has 0 saturated heterocycles. The number of hydrogen-bond acceptors (Lipinski definition) is 2. The summed E-state index contributed by atoms with van der Waals surface area (Å²) >= 11 is 0. The molecule has 0 saturated carbocycles. The zero-order valence-electron chi connectivity index (χ0n) is 13.2. The third-order valence-corrected chi connectivity index (χ3v) is 3.81. The Morgan fingerprint density at radius 2 is 1.83 bits per heavy atom. The molecular weight excluding hydrogens is 354 g/mol. The van der Waals surface area contributed by atoms with Crippen LogP contribution in [0.25, 0.3) is 11.0 Å². The molecule has 3 aromatic rings. The fourth-order valence-electron chi connectivity index (χ4n) is 2.73. The summed E-state index contributed by atoms with van der Waals surface area (Å²) in [6.07, 6.45) is 6.53. The number of rotatable bonds is 5. The average Bonchev–Trinajstić information content (AvgIpc) is 2.88. The summed E-state index contributed by atoms with van der Waals surface area (Å²) in [7, 11) is 0. The van der Waals surface area contributed by atoms with Gasteiger partial charge in [0.25, 0.3) is 0 Å². The van der Waals surface area contributed by atoms with Crippen molar-refractivity contribution in [2.24, 2.45) is 0 Å². The van der Waals surface area contributed by atoms with Gasteiger partial charge < -0.3 is 17.0 Å². The van der Waals surface area contributed by atoms with Crippen molar-refractivity contribution in [3.63, 3.8) is 0 Å². The van der Waals surface area contributed by atoms with Crippen LogP contribution in [0.5, 0.6) is 0 Å². The average molecular weight is 374 g/mol. The van der Waals surface area contributed by atoms with Crippen LogP contribution in [0.15, 0.2) is 54.9 Å². The van der Waals surface area contributed by atoms with E-state index in [0.717, 1.165) is 36.2 Å². The molecule has 0 atom stereocenters. The summed E-state index contributed by atoms with van der Waals surface area (Å²) in [5.74, 6) is 0.896. The molecule has 0 aliphatic heterocycles. The first-order valence-corrected chi connectivity index (χ1v) is 7.67.